The van der Waals surface area contributed by atoms with Crippen LogP contribution in [0.5, 0.6) is 0 Å². The van der Waals surface area contributed by atoms with Crippen molar-refractivity contribution >= 4 is 0 Å². The van der Waals surface area contributed by atoms with Crippen molar-refractivity contribution in [3.63, 3.8) is 0 Å². The molecular formula is C14H28N2O. The number of rotatable bonds is 2. The maximum absolute atomic E-state index is 10.0. The highest BCUT2D eigenvalue weighted by atomic mass is 16.3. The summed E-state index contributed by atoms with van der Waals surface area (Å²) in [6.45, 7) is 4.99. The van der Waals surface area contributed by atoms with Gasteiger partial charge in [-0.15, -0.1) is 0 Å². The number of likely N-dealkylation sites (tertiary alicyclic amines) is 1. The Morgan fingerprint density at radius 2 is 1.94 bits per heavy atom. The molecule has 2 rings (SSSR count). The lowest BCUT2D eigenvalue weighted by Gasteiger charge is -2.42. The molecule has 3 nitrogen and oxygen atoms in total. The fourth-order valence-electron chi connectivity index (χ4n) is 3.50. The van der Waals surface area contributed by atoms with Gasteiger partial charge in [0, 0.05) is 12.6 Å². The minimum atomic E-state index is -0.134. The van der Waals surface area contributed by atoms with Crippen LogP contribution in [-0.4, -0.2) is 41.8 Å². The summed E-state index contributed by atoms with van der Waals surface area (Å²) in [5.41, 5.74) is 5.94. The molecule has 4 unspecified atom stereocenters. The molecule has 0 radical (unpaired) electrons. The van der Waals surface area contributed by atoms with E-state index in [0.29, 0.717) is 17.9 Å². The zero-order valence-electron chi connectivity index (χ0n) is 11.1. The van der Waals surface area contributed by atoms with Crippen molar-refractivity contribution in [2.45, 2.75) is 57.6 Å². The Bertz CT molecular complexity index is 234. The monoisotopic (exact) mass is 240 g/mol. The van der Waals surface area contributed by atoms with Crippen LogP contribution in [0.15, 0.2) is 0 Å². The molecule has 1 aliphatic heterocycles. The molecule has 1 heterocycles. The summed E-state index contributed by atoms with van der Waals surface area (Å²) in [6, 6.07) is 0.629. The van der Waals surface area contributed by atoms with Gasteiger partial charge in [0.05, 0.1) is 6.10 Å². The summed E-state index contributed by atoms with van der Waals surface area (Å²) in [6.07, 6.45) is 7.60. The molecule has 0 amide bonds. The molecule has 2 fully saturated rings. The van der Waals surface area contributed by atoms with E-state index >= 15 is 0 Å². The van der Waals surface area contributed by atoms with Crippen molar-refractivity contribution in [2.24, 2.45) is 17.6 Å². The van der Waals surface area contributed by atoms with E-state index < -0.39 is 0 Å². The number of nitrogens with two attached hydrogens (primary N) is 1. The van der Waals surface area contributed by atoms with Crippen LogP contribution in [0.4, 0.5) is 0 Å². The van der Waals surface area contributed by atoms with Gasteiger partial charge in [-0.2, -0.15) is 0 Å². The van der Waals surface area contributed by atoms with Gasteiger partial charge in [-0.3, -0.25) is 4.90 Å². The molecule has 0 spiro atoms. The number of hydrogen-bond acceptors (Lipinski definition) is 3. The first-order valence-corrected chi connectivity index (χ1v) is 7.34. The summed E-state index contributed by atoms with van der Waals surface area (Å²) in [7, 11) is 0. The van der Waals surface area contributed by atoms with Crippen LogP contribution in [0.2, 0.25) is 0 Å². The number of aliphatic hydroxyl groups excluding tert-OH is 1. The SMILES string of the molecule is CC1CCN(C2CCCCCC2CN)CC1O. The lowest BCUT2D eigenvalue weighted by atomic mass is 9.89. The molecule has 100 valence electrons. The maximum Gasteiger partial charge on any atom is 0.0693 e. The summed E-state index contributed by atoms with van der Waals surface area (Å²) >= 11 is 0. The van der Waals surface area contributed by atoms with Gasteiger partial charge in [0.2, 0.25) is 0 Å². The molecule has 17 heavy (non-hydrogen) atoms. The van der Waals surface area contributed by atoms with E-state index in [0.717, 1.165) is 26.1 Å². The van der Waals surface area contributed by atoms with Crippen molar-refractivity contribution in [2.75, 3.05) is 19.6 Å². The van der Waals surface area contributed by atoms with Crippen LogP contribution in [0.1, 0.15) is 45.4 Å². The molecule has 1 saturated carbocycles. The zero-order chi connectivity index (χ0) is 12.3. The average Bonchev–Trinajstić information content (AvgIpc) is 2.57. The quantitative estimate of drug-likeness (QED) is 0.721. The highest BCUT2D eigenvalue weighted by Gasteiger charge is 2.33. The number of hydrogen-bond donors (Lipinski definition) is 2. The Labute approximate surface area is 105 Å². The molecule has 2 aliphatic rings. The van der Waals surface area contributed by atoms with Gasteiger partial charge < -0.3 is 10.8 Å². The second-order valence-electron chi connectivity index (χ2n) is 6.03. The van der Waals surface area contributed by atoms with E-state index in [1.165, 1.54) is 32.1 Å². The second-order valence-corrected chi connectivity index (χ2v) is 6.03. The van der Waals surface area contributed by atoms with E-state index in [2.05, 4.69) is 11.8 Å². The Hall–Kier alpha value is -0.120. The van der Waals surface area contributed by atoms with Crippen LogP contribution in [-0.2, 0) is 0 Å². The third kappa shape index (κ3) is 3.21. The van der Waals surface area contributed by atoms with Gasteiger partial charge in [-0.25, -0.2) is 0 Å². The highest BCUT2D eigenvalue weighted by Crippen LogP contribution is 2.30. The fourth-order valence-corrected chi connectivity index (χ4v) is 3.50. The molecule has 0 aromatic heterocycles. The highest BCUT2D eigenvalue weighted by molar-refractivity contribution is 4.87. The third-order valence-electron chi connectivity index (χ3n) is 4.84. The number of β-amino-alcohol motifs (C(OH)–C–C–N with tert-alkyl or cyclic N) is 1. The van der Waals surface area contributed by atoms with E-state index in [4.69, 9.17) is 5.73 Å². The van der Waals surface area contributed by atoms with Crippen molar-refractivity contribution < 1.29 is 5.11 Å². The van der Waals surface area contributed by atoms with Crippen molar-refractivity contribution in [3.05, 3.63) is 0 Å². The van der Waals surface area contributed by atoms with Crippen LogP contribution in [0.3, 0.4) is 0 Å². The van der Waals surface area contributed by atoms with Gasteiger partial charge in [-0.05, 0) is 44.2 Å². The molecule has 0 aromatic rings. The smallest absolute Gasteiger partial charge is 0.0693 e. The molecule has 1 saturated heterocycles. The molecule has 3 N–H and O–H groups in total. The van der Waals surface area contributed by atoms with E-state index in [9.17, 15) is 5.11 Å². The summed E-state index contributed by atoms with van der Waals surface area (Å²) < 4.78 is 0. The number of nitrogens with zero attached hydrogens (tertiary/aromatic N) is 1. The van der Waals surface area contributed by atoms with Crippen LogP contribution in [0, 0.1) is 11.8 Å². The number of aliphatic hydroxyl groups is 1. The van der Waals surface area contributed by atoms with Gasteiger partial charge in [-0.1, -0.05) is 26.2 Å². The summed E-state index contributed by atoms with van der Waals surface area (Å²) in [4.78, 5) is 2.52. The van der Waals surface area contributed by atoms with Gasteiger partial charge in [0.25, 0.3) is 0 Å². The molecule has 0 aromatic carbocycles. The molecule has 3 heteroatoms. The molecular weight excluding hydrogens is 212 g/mol. The predicted molar refractivity (Wildman–Crippen MR) is 70.8 cm³/mol. The Balaban J connectivity index is 1.98. The lowest BCUT2D eigenvalue weighted by molar-refractivity contribution is -0.00365. The maximum atomic E-state index is 10.0. The minimum absolute atomic E-state index is 0.134. The van der Waals surface area contributed by atoms with E-state index in [1.807, 2.05) is 0 Å². The fraction of sp³-hybridized carbons (Fsp3) is 1.00. The summed E-state index contributed by atoms with van der Waals surface area (Å²) in [5, 5.41) is 10.0. The zero-order valence-corrected chi connectivity index (χ0v) is 11.1. The normalized spacial score (nSPS) is 41.1. The third-order valence-corrected chi connectivity index (χ3v) is 4.84. The van der Waals surface area contributed by atoms with Gasteiger partial charge in [0.15, 0.2) is 0 Å². The largest absolute Gasteiger partial charge is 0.392 e. The number of piperidine rings is 1. The molecule has 0 bridgehead atoms. The minimum Gasteiger partial charge on any atom is -0.392 e. The van der Waals surface area contributed by atoms with E-state index in [1.54, 1.807) is 0 Å². The summed E-state index contributed by atoms with van der Waals surface area (Å²) in [5.74, 6) is 1.12. The van der Waals surface area contributed by atoms with E-state index in [-0.39, 0.29) is 6.10 Å². The van der Waals surface area contributed by atoms with Crippen molar-refractivity contribution in [3.8, 4) is 0 Å². The van der Waals surface area contributed by atoms with Crippen LogP contribution < -0.4 is 5.73 Å². The molecule has 4 atom stereocenters. The Morgan fingerprint density at radius 3 is 2.65 bits per heavy atom. The predicted octanol–water partition coefficient (Wildman–Crippen LogP) is 1.60. The lowest BCUT2D eigenvalue weighted by Crippen LogP contribution is -2.51. The molecule has 1 aliphatic carbocycles. The second kappa shape index (κ2) is 6.17. The Morgan fingerprint density at radius 1 is 1.18 bits per heavy atom. The topological polar surface area (TPSA) is 49.5 Å². The first kappa shape index (κ1) is 13.3. The first-order chi connectivity index (χ1) is 8.22. The van der Waals surface area contributed by atoms with Crippen molar-refractivity contribution in [1.82, 2.24) is 4.90 Å². The first-order valence-electron chi connectivity index (χ1n) is 7.34. The van der Waals surface area contributed by atoms with Gasteiger partial charge >= 0.3 is 0 Å². The van der Waals surface area contributed by atoms with Crippen molar-refractivity contribution in [1.29, 1.82) is 0 Å². The Kier molecular flexibility index (Phi) is 4.83. The van der Waals surface area contributed by atoms with Gasteiger partial charge in [0.1, 0.15) is 0 Å². The van der Waals surface area contributed by atoms with Crippen LogP contribution in [0.25, 0.3) is 0 Å². The standard InChI is InChI=1S/C14H28N2O/c1-11-7-8-16(10-14(11)17)13-6-4-2-3-5-12(13)9-15/h11-14,17H,2-10,15H2,1H3. The van der Waals surface area contributed by atoms with Crippen LogP contribution >= 0.6 is 0 Å². The average molecular weight is 240 g/mol.